The molecule has 102 valence electrons. The van der Waals surface area contributed by atoms with Gasteiger partial charge in [-0.25, -0.2) is 4.39 Å². The standard InChI is InChI=1S/C14H21ClFNS/c1-4-10(2)18-9-11(17-3)8-12-13(15)6-5-7-14(12)16/h5-7,10-11,17H,4,8-9H2,1-3H3. The Labute approximate surface area is 118 Å². The molecule has 0 fully saturated rings. The Bertz CT molecular complexity index is 353. The molecule has 0 aliphatic carbocycles. The molecule has 0 aliphatic heterocycles. The molecule has 0 saturated heterocycles. The van der Waals surface area contributed by atoms with E-state index in [0.717, 1.165) is 12.2 Å². The average molecular weight is 290 g/mol. The van der Waals surface area contributed by atoms with Crippen LogP contribution in [-0.4, -0.2) is 24.1 Å². The van der Waals surface area contributed by atoms with Gasteiger partial charge in [0.2, 0.25) is 0 Å². The highest BCUT2D eigenvalue weighted by Gasteiger charge is 2.14. The number of hydrogen-bond donors (Lipinski definition) is 1. The van der Waals surface area contributed by atoms with E-state index in [-0.39, 0.29) is 11.9 Å². The largest absolute Gasteiger partial charge is 0.316 e. The van der Waals surface area contributed by atoms with Crippen molar-refractivity contribution in [1.82, 2.24) is 5.32 Å². The van der Waals surface area contributed by atoms with Crippen molar-refractivity contribution in [3.63, 3.8) is 0 Å². The maximum Gasteiger partial charge on any atom is 0.127 e. The maximum absolute atomic E-state index is 13.7. The minimum Gasteiger partial charge on any atom is -0.316 e. The van der Waals surface area contributed by atoms with E-state index < -0.39 is 0 Å². The number of hydrogen-bond acceptors (Lipinski definition) is 2. The Kier molecular flexibility index (Phi) is 7.05. The van der Waals surface area contributed by atoms with Gasteiger partial charge in [0, 0.05) is 27.6 Å². The third-order valence-corrected chi connectivity index (χ3v) is 4.93. The van der Waals surface area contributed by atoms with Gasteiger partial charge in [-0.1, -0.05) is 31.5 Å². The molecule has 0 aliphatic rings. The fourth-order valence-electron chi connectivity index (χ4n) is 1.62. The Balaban J connectivity index is 2.62. The summed E-state index contributed by atoms with van der Waals surface area (Å²) in [6, 6.07) is 5.10. The van der Waals surface area contributed by atoms with Crippen molar-refractivity contribution in [1.29, 1.82) is 0 Å². The van der Waals surface area contributed by atoms with Crippen LogP contribution < -0.4 is 5.32 Å². The summed E-state index contributed by atoms with van der Waals surface area (Å²) in [7, 11) is 1.91. The van der Waals surface area contributed by atoms with Gasteiger partial charge in [0.1, 0.15) is 5.82 Å². The van der Waals surface area contributed by atoms with Crippen LogP contribution in [0.1, 0.15) is 25.8 Å². The number of rotatable bonds is 7. The second kappa shape index (κ2) is 8.03. The summed E-state index contributed by atoms with van der Waals surface area (Å²) in [5, 5.41) is 4.39. The summed E-state index contributed by atoms with van der Waals surface area (Å²) >= 11 is 7.96. The topological polar surface area (TPSA) is 12.0 Å². The molecule has 0 bridgehead atoms. The molecule has 2 unspecified atom stereocenters. The molecule has 0 heterocycles. The first kappa shape index (κ1) is 15.8. The third-order valence-electron chi connectivity index (χ3n) is 3.08. The Morgan fingerprint density at radius 2 is 2.17 bits per heavy atom. The minimum atomic E-state index is -0.212. The first-order valence-corrected chi connectivity index (χ1v) is 7.72. The summed E-state index contributed by atoms with van der Waals surface area (Å²) in [5.74, 6) is 0.757. The van der Waals surface area contributed by atoms with Gasteiger partial charge in [-0.15, -0.1) is 0 Å². The molecule has 0 amide bonds. The van der Waals surface area contributed by atoms with E-state index in [2.05, 4.69) is 19.2 Å². The van der Waals surface area contributed by atoms with E-state index in [1.165, 1.54) is 6.07 Å². The van der Waals surface area contributed by atoms with Gasteiger partial charge in [0.15, 0.2) is 0 Å². The van der Waals surface area contributed by atoms with Crippen LogP contribution in [0.4, 0.5) is 4.39 Å². The number of benzene rings is 1. The van der Waals surface area contributed by atoms with Crippen LogP contribution in [0.2, 0.25) is 5.02 Å². The fraction of sp³-hybridized carbons (Fsp3) is 0.571. The Morgan fingerprint density at radius 3 is 2.72 bits per heavy atom. The van der Waals surface area contributed by atoms with Gasteiger partial charge in [-0.2, -0.15) is 11.8 Å². The monoisotopic (exact) mass is 289 g/mol. The number of halogens is 2. The van der Waals surface area contributed by atoms with Crippen molar-refractivity contribution in [3.05, 3.63) is 34.6 Å². The van der Waals surface area contributed by atoms with Crippen molar-refractivity contribution in [3.8, 4) is 0 Å². The van der Waals surface area contributed by atoms with E-state index in [9.17, 15) is 4.39 Å². The lowest BCUT2D eigenvalue weighted by Gasteiger charge is -2.19. The molecule has 1 aromatic rings. The number of nitrogens with one attached hydrogen (secondary N) is 1. The molecule has 4 heteroatoms. The molecular formula is C14H21ClFNS. The summed E-state index contributed by atoms with van der Waals surface area (Å²) < 4.78 is 13.7. The van der Waals surface area contributed by atoms with Crippen LogP contribution in [0.3, 0.4) is 0 Å². The van der Waals surface area contributed by atoms with E-state index in [0.29, 0.717) is 22.3 Å². The molecule has 18 heavy (non-hydrogen) atoms. The normalized spacial score (nSPS) is 14.5. The summed E-state index contributed by atoms with van der Waals surface area (Å²) in [6.07, 6.45) is 1.78. The van der Waals surface area contributed by atoms with Crippen molar-refractivity contribution < 1.29 is 4.39 Å². The van der Waals surface area contributed by atoms with Crippen LogP contribution in [0.5, 0.6) is 0 Å². The van der Waals surface area contributed by atoms with Gasteiger partial charge in [-0.3, -0.25) is 0 Å². The summed E-state index contributed by atoms with van der Waals surface area (Å²) in [5.41, 5.74) is 0.614. The summed E-state index contributed by atoms with van der Waals surface area (Å²) in [4.78, 5) is 0. The molecule has 0 spiro atoms. The predicted molar refractivity (Wildman–Crippen MR) is 80.2 cm³/mol. The lowest BCUT2D eigenvalue weighted by molar-refractivity contribution is 0.568. The van der Waals surface area contributed by atoms with Crippen molar-refractivity contribution in [2.45, 2.75) is 38.0 Å². The maximum atomic E-state index is 13.7. The van der Waals surface area contributed by atoms with E-state index in [1.807, 2.05) is 18.8 Å². The second-order valence-electron chi connectivity index (χ2n) is 4.44. The molecule has 1 nitrogen and oxygen atoms in total. The lowest BCUT2D eigenvalue weighted by Crippen LogP contribution is -2.31. The van der Waals surface area contributed by atoms with Gasteiger partial charge in [0.05, 0.1) is 0 Å². The van der Waals surface area contributed by atoms with E-state index >= 15 is 0 Å². The Hall–Kier alpha value is -0.250. The van der Waals surface area contributed by atoms with E-state index in [1.54, 1.807) is 12.1 Å². The first-order valence-electron chi connectivity index (χ1n) is 6.30. The van der Waals surface area contributed by atoms with Crippen LogP contribution in [0.15, 0.2) is 18.2 Å². The van der Waals surface area contributed by atoms with E-state index in [4.69, 9.17) is 11.6 Å². The molecule has 0 saturated carbocycles. The zero-order chi connectivity index (χ0) is 13.5. The third kappa shape index (κ3) is 4.79. The molecule has 2 atom stereocenters. The molecule has 0 radical (unpaired) electrons. The molecule has 1 N–H and O–H groups in total. The number of likely N-dealkylation sites (N-methyl/N-ethyl adjacent to an activating group) is 1. The predicted octanol–water partition coefficient (Wildman–Crippen LogP) is 4.14. The highest BCUT2D eigenvalue weighted by molar-refractivity contribution is 7.99. The van der Waals surface area contributed by atoms with Gasteiger partial charge >= 0.3 is 0 Å². The average Bonchev–Trinajstić information content (AvgIpc) is 2.37. The Morgan fingerprint density at radius 1 is 1.44 bits per heavy atom. The van der Waals surface area contributed by atoms with Gasteiger partial charge in [0.25, 0.3) is 0 Å². The molecular weight excluding hydrogens is 269 g/mol. The van der Waals surface area contributed by atoms with Gasteiger partial charge in [-0.05, 0) is 32.0 Å². The van der Waals surface area contributed by atoms with Crippen LogP contribution >= 0.6 is 23.4 Å². The fourth-order valence-corrected chi connectivity index (χ4v) is 2.94. The van der Waals surface area contributed by atoms with Crippen LogP contribution in [0.25, 0.3) is 0 Å². The summed E-state index contributed by atoms with van der Waals surface area (Å²) in [6.45, 7) is 4.40. The second-order valence-corrected chi connectivity index (χ2v) is 6.32. The molecule has 1 rings (SSSR count). The van der Waals surface area contributed by atoms with Gasteiger partial charge < -0.3 is 5.32 Å². The number of thioether (sulfide) groups is 1. The van der Waals surface area contributed by atoms with Crippen molar-refractivity contribution in [2.75, 3.05) is 12.8 Å². The SMILES string of the molecule is CCC(C)SCC(Cc1c(F)cccc1Cl)NC. The van der Waals surface area contributed by atoms with Crippen molar-refractivity contribution in [2.24, 2.45) is 0 Å². The van der Waals surface area contributed by atoms with Crippen LogP contribution in [-0.2, 0) is 6.42 Å². The van der Waals surface area contributed by atoms with Crippen molar-refractivity contribution >= 4 is 23.4 Å². The highest BCUT2D eigenvalue weighted by atomic mass is 35.5. The highest BCUT2D eigenvalue weighted by Crippen LogP contribution is 2.22. The zero-order valence-corrected chi connectivity index (χ0v) is 12.7. The lowest BCUT2D eigenvalue weighted by atomic mass is 10.1. The zero-order valence-electron chi connectivity index (χ0n) is 11.2. The quantitative estimate of drug-likeness (QED) is 0.809. The molecule has 0 aromatic heterocycles. The first-order chi connectivity index (χ1) is 8.58. The van der Waals surface area contributed by atoms with Crippen LogP contribution in [0, 0.1) is 5.82 Å². The minimum absolute atomic E-state index is 0.212. The molecule has 1 aromatic carbocycles. The smallest absolute Gasteiger partial charge is 0.127 e.